The molecule has 0 aliphatic heterocycles. The summed E-state index contributed by atoms with van der Waals surface area (Å²) in [6.07, 6.45) is 0. The summed E-state index contributed by atoms with van der Waals surface area (Å²) in [5.41, 5.74) is 3.38. The van der Waals surface area contributed by atoms with Crippen LogP contribution in [0.1, 0.15) is 42.4 Å². The maximum absolute atomic E-state index is 12.5. The van der Waals surface area contributed by atoms with Crippen LogP contribution in [0.25, 0.3) is 0 Å². The molecule has 32 heavy (non-hydrogen) atoms. The van der Waals surface area contributed by atoms with Gasteiger partial charge in [0, 0.05) is 22.4 Å². The summed E-state index contributed by atoms with van der Waals surface area (Å²) in [6.45, 7) is 6.42. The van der Waals surface area contributed by atoms with E-state index in [-0.39, 0.29) is 17.2 Å². The fourth-order valence-corrected chi connectivity index (χ4v) is 4.37. The van der Waals surface area contributed by atoms with Gasteiger partial charge in [0.15, 0.2) is 5.13 Å². The predicted octanol–water partition coefficient (Wildman–Crippen LogP) is 5.57. The second-order valence-corrected chi connectivity index (χ2v) is 10.0. The number of aromatic nitrogens is 1. The van der Waals surface area contributed by atoms with Crippen molar-refractivity contribution in [1.29, 1.82) is 0 Å². The van der Waals surface area contributed by atoms with Crippen LogP contribution in [0.5, 0.6) is 5.75 Å². The standard InChI is InChI=1S/C24H27N3O3S2/c1-24(2,3)17-7-5-16(6-8-17)22(29)27-23-26-19(14-32-23)13-31-15-21(28)25-18-9-11-20(30-4)12-10-18/h5-12,14H,13,15H2,1-4H3,(H,25,28)(H,26,27,29). The average molecular weight is 470 g/mol. The van der Waals surface area contributed by atoms with Gasteiger partial charge in [-0.15, -0.1) is 23.1 Å². The third kappa shape index (κ3) is 6.83. The van der Waals surface area contributed by atoms with Crippen LogP contribution in [0, 0.1) is 0 Å². The minimum absolute atomic E-state index is 0.0441. The van der Waals surface area contributed by atoms with Crippen LogP contribution in [-0.2, 0) is 16.0 Å². The highest BCUT2D eigenvalue weighted by Crippen LogP contribution is 2.24. The van der Waals surface area contributed by atoms with Gasteiger partial charge < -0.3 is 10.1 Å². The molecule has 0 bridgehead atoms. The van der Waals surface area contributed by atoms with Crippen molar-refractivity contribution < 1.29 is 14.3 Å². The number of hydrogen-bond acceptors (Lipinski definition) is 6. The predicted molar refractivity (Wildman–Crippen MR) is 133 cm³/mol. The Bertz CT molecular complexity index is 1060. The van der Waals surface area contributed by atoms with Gasteiger partial charge in [-0.2, -0.15) is 0 Å². The second-order valence-electron chi connectivity index (χ2n) is 8.19. The summed E-state index contributed by atoms with van der Waals surface area (Å²) >= 11 is 2.84. The summed E-state index contributed by atoms with van der Waals surface area (Å²) in [7, 11) is 1.60. The van der Waals surface area contributed by atoms with E-state index in [0.717, 1.165) is 17.1 Å². The highest BCUT2D eigenvalue weighted by Gasteiger charge is 2.15. The number of thiazole rings is 1. The van der Waals surface area contributed by atoms with Crippen molar-refractivity contribution in [1.82, 2.24) is 4.98 Å². The van der Waals surface area contributed by atoms with Crippen LogP contribution >= 0.6 is 23.1 Å². The summed E-state index contributed by atoms with van der Waals surface area (Å²) in [4.78, 5) is 29.1. The van der Waals surface area contributed by atoms with Crippen molar-refractivity contribution in [3.8, 4) is 5.75 Å². The Balaban J connectivity index is 1.45. The third-order valence-electron chi connectivity index (χ3n) is 4.64. The number of carbonyl (C=O) groups excluding carboxylic acids is 2. The Morgan fingerprint density at radius 3 is 2.34 bits per heavy atom. The number of benzene rings is 2. The first kappa shape index (κ1) is 23.8. The number of thioether (sulfide) groups is 1. The molecule has 2 N–H and O–H groups in total. The van der Waals surface area contributed by atoms with Gasteiger partial charge in [0.25, 0.3) is 5.91 Å². The van der Waals surface area contributed by atoms with Gasteiger partial charge >= 0.3 is 0 Å². The number of ether oxygens (including phenoxy) is 1. The quantitative estimate of drug-likeness (QED) is 0.451. The minimum atomic E-state index is -0.183. The molecule has 0 aliphatic rings. The third-order valence-corrected chi connectivity index (χ3v) is 6.41. The Kier molecular flexibility index (Phi) is 7.93. The zero-order valence-electron chi connectivity index (χ0n) is 18.6. The van der Waals surface area contributed by atoms with Crippen LogP contribution in [0.4, 0.5) is 10.8 Å². The monoisotopic (exact) mass is 469 g/mol. The highest BCUT2D eigenvalue weighted by atomic mass is 32.2. The van der Waals surface area contributed by atoms with E-state index in [4.69, 9.17) is 4.74 Å². The van der Waals surface area contributed by atoms with Crippen LogP contribution < -0.4 is 15.4 Å². The van der Waals surface area contributed by atoms with Gasteiger partial charge in [-0.3, -0.25) is 14.9 Å². The zero-order chi connectivity index (χ0) is 23.1. The smallest absolute Gasteiger partial charge is 0.257 e. The molecule has 3 rings (SSSR count). The van der Waals surface area contributed by atoms with Crippen molar-refractivity contribution in [2.24, 2.45) is 0 Å². The second kappa shape index (κ2) is 10.7. The Morgan fingerprint density at radius 2 is 1.72 bits per heavy atom. The molecule has 0 spiro atoms. The lowest BCUT2D eigenvalue weighted by Gasteiger charge is -2.18. The fourth-order valence-electron chi connectivity index (χ4n) is 2.84. The molecule has 168 valence electrons. The van der Waals surface area contributed by atoms with E-state index < -0.39 is 0 Å². The maximum atomic E-state index is 12.5. The number of amides is 2. The fraction of sp³-hybridized carbons (Fsp3) is 0.292. The molecule has 0 atom stereocenters. The van der Waals surface area contributed by atoms with E-state index in [1.54, 1.807) is 31.4 Å². The molecule has 0 aliphatic carbocycles. The van der Waals surface area contributed by atoms with Crippen molar-refractivity contribution in [2.45, 2.75) is 31.9 Å². The van der Waals surface area contributed by atoms with Crippen LogP contribution in [-0.4, -0.2) is 29.7 Å². The number of anilines is 2. The first-order chi connectivity index (χ1) is 15.2. The number of nitrogens with one attached hydrogen (secondary N) is 2. The zero-order valence-corrected chi connectivity index (χ0v) is 20.2. The molecule has 0 fully saturated rings. The Hall–Kier alpha value is -2.84. The summed E-state index contributed by atoms with van der Waals surface area (Å²) < 4.78 is 5.11. The van der Waals surface area contributed by atoms with Gasteiger partial charge in [-0.25, -0.2) is 4.98 Å². The lowest BCUT2D eigenvalue weighted by molar-refractivity contribution is -0.113. The molecule has 6 nitrogen and oxygen atoms in total. The molecule has 0 unspecified atom stereocenters. The van der Waals surface area contributed by atoms with E-state index in [1.807, 2.05) is 29.6 Å². The Morgan fingerprint density at radius 1 is 1.03 bits per heavy atom. The van der Waals surface area contributed by atoms with Crippen molar-refractivity contribution >= 4 is 45.7 Å². The van der Waals surface area contributed by atoms with Crippen molar-refractivity contribution in [2.75, 3.05) is 23.5 Å². The van der Waals surface area contributed by atoms with Gasteiger partial charge in [0.1, 0.15) is 5.75 Å². The highest BCUT2D eigenvalue weighted by molar-refractivity contribution is 7.99. The van der Waals surface area contributed by atoms with E-state index >= 15 is 0 Å². The lowest BCUT2D eigenvalue weighted by Crippen LogP contribution is -2.14. The van der Waals surface area contributed by atoms with Crippen molar-refractivity contribution in [3.05, 3.63) is 70.7 Å². The largest absolute Gasteiger partial charge is 0.497 e. The van der Waals surface area contributed by atoms with Gasteiger partial charge in [-0.1, -0.05) is 32.9 Å². The molecule has 0 saturated heterocycles. The number of hydrogen-bond donors (Lipinski definition) is 2. The average Bonchev–Trinajstić information content (AvgIpc) is 3.21. The van der Waals surface area contributed by atoms with E-state index in [0.29, 0.717) is 22.2 Å². The molecule has 0 radical (unpaired) electrons. The normalized spacial score (nSPS) is 11.1. The van der Waals surface area contributed by atoms with Crippen molar-refractivity contribution in [3.63, 3.8) is 0 Å². The number of carbonyl (C=O) groups is 2. The molecule has 8 heteroatoms. The van der Waals surface area contributed by atoms with Crippen LogP contribution in [0.15, 0.2) is 53.9 Å². The van der Waals surface area contributed by atoms with E-state index in [9.17, 15) is 9.59 Å². The summed E-state index contributed by atoms with van der Waals surface area (Å²) in [5.74, 6) is 1.37. The molecule has 2 amide bonds. The first-order valence-electron chi connectivity index (χ1n) is 10.1. The number of nitrogens with zero attached hydrogens (tertiary/aromatic N) is 1. The number of methoxy groups -OCH3 is 1. The maximum Gasteiger partial charge on any atom is 0.257 e. The van der Waals surface area contributed by atoms with Gasteiger partial charge in [-0.05, 0) is 47.4 Å². The minimum Gasteiger partial charge on any atom is -0.497 e. The topological polar surface area (TPSA) is 80.3 Å². The SMILES string of the molecule is COc1ccc(NC(=O)CSCc2csc(NC(=O)c3ccc(C(C)(C)C)cc3)n2)cc1. The summed E-state index contributed by atoms with van der Waals surface area (Å²) in [5, 5.41) is 8.14. The molecular weight excluding hydrogens is 442 g/mol. The molecule has 2 aromatic carbocycles. The van der Waals surface area contributed by atoms with E-state index in [2.05, 4.69) is 36.4 Å². The molecular formula is C24H27N3O3S2. The van der Waals surface area contributed by atoms with Gasteiger partial charge in [0.2, 0.25) is 5.91 Å². The Labute approximate surface area is 196 Å². The number of rotatable bonds is 8. The molecule has 1 heterocycles. The molecule has 0 saturated carbocycles. The van der Waals surface area contributed by atoms with Crippen LogP contribution in [0.3, 0.4) is 0 Å². The van der Waals surface area contributed by atoms with Crippen LogP contribution in [0.2, 0.25) is 0 Å². The van der Waals surface area contributed by atoms with Gasteiger partial charge in [0.05, 0.1) is 18.6 Å². The lowest BCUT2D eigenvalue weighted by atomic mass is 9.87. The summed E-state index contributed by atoms with van der Waals surface area (Å²) in [6, 6.07) is 14.8. The first-order valence-corrected chi connectivity index (χ1v) is 12.2. The van der Waals surface area contributed by atoms with E-state index in [1.165, 1.54) is 28.7 Å². The molecule has 3 aromatic rings. The molecule has 1 aromatic heterocycles.